The molecular formula is C7H11N3O3. The van der Waals surface area contributed by atoms with Crippen molar-refractivity contribution in [2.45, 2.75) is 19.4 Å². The maximum Gasteiger partial charge on any atom is 0.268 e. The lowest BCUT2D eigenvalue weighted by atomic mass is 10.2. The molecule has 6 nitrogen and oxygen atoms in total. The topological polar surface area (TPSA) is 90.8 Å². The first-order valence-electron chi connectivity index (χ1n) is 3.91. The van der Waals surface area contributed by atoms with E-state index in [4.69, 9.17) is 5.11 Å². The highest BCUT2D eigenvalue weighted by atomic mass is 16.3. The first-order chi connectivity index (χ1) is 6.09. The third kappa shape index (κ3) is 2.83. The van der Waals surface area contributed by atoms with Gasteiger partial charge in [0.1, 0.15) is 5.71 Å². The summed E-state index contributed by atoms with van der Waals surface area (Å²) in [6, 6.07) is 0. The first-order valence-corrected chi connectivity index (χ1v) is 3.91. The minimum absolute atomic E-state index is 0.00560. The van der Waals surface area contributed by atoms with E-state index in [9.17, 15) is 9.59 Å². The lowest BCUT2D eigenvalue weighted by Gasteiger charge is -2.05. The number of nitrogens with one attached hydrogen (secondary N) is 2. The quantitative estimate of drug-likeness (QED) is 0.492. The van der Waals surface area contributed by atoms with Gasteiger partial charge in [0.25, 0.3) is 5.91 Å². The molecule has 2 amide bonds. The van der Waals surface area contributed by atoms with E-state index < -0.39 is 12.0 Å². The van der Waals surface area contributed by atoms with E-state index in [0.29, 0.717) is 0 Å². The van der Waals surface area contributed by atoms with E-state index in [2.05, 4.69) is 15.8 Å². The molecule has 1 atom stereocenters. The summed E-state index contributed by atoms with van der Waals surface area (Å²) >= 11 is 0. The molecule has 1 rings (SSSR count). The Labute approximate surface area is 75.0 Å². The van der Waals surface area contributed by atoms with Crippen molar-refractivity contribution >= 4 is 17.5 Å². The zero-order chi connectivity index (χ0) is 9.84. The zero-order valence-electron chi connectivity index (χ0n) is 7.20. The summed E-state index contributed by atoms with van der Waals surface area (Å²) in [4.78, 5) is 21.8. The lowest BCUT2D eigenvalue weighted by Crippen LogP contribution is -2.35. The van der Waals surface area contributed by atoms with Gasteiger partial charge in [-0.2, -0.15) is 5.10 Å². The summed E-state index contributed by atoms with van der Waals surface area (Å²) in [6.07, 6.45) is -0.597. The maximum absolute atomic E-state index is 11.2. The molecule has 0 aliphatic carbocycles. The van der Waals surface area contributed by atoms with Crippen LogP contribution >= 0.6 is 0 Å². The van der Waals surface area contributed by atoms with Crippen LogP contribution in [0.5, 0.6) is 0 Å². The van der Waals surface area contributed by atoms with Crippen molar-refractivity contribution in [3.05, 3.63) is 0 Å². The lowest BCUT2D eigenvalue weighted by molar-refractivity contribution is -0.120. The van der Waals surface area contributed by atoms with Crippen molar-refractivity contribution in [1.29, 1.82) is 0 Å². The molecule has 0 aromatic carbocycles. The summed E-state index contributed by atoms with van der Waals surface area (Å²) in [5.41, 5.74) is 2.32. The molecule has 13 heavy (non-hydrogen) atoms. The van der Waals surface area contributed by atoms with Gasteiger partial charge in [0.05, 0.1) is 12.5 Å². The molecular weight excluding hydrogens is 174 g/mol. The van der Waals surface area contributed by atoms with Crippen LogP contribution in [0.15, 0.2) is 5.10 Å². The van der Waals surface area contributed by atoms with Gasteiger partial charge in [-0.05, 0) is 6.92 Å². The van der Waals surface area contributed by atoms with Gasteiger partial charge in [0.15, 0.2) is 0 Å². The number of nitrogens with zero attached hydrogens (tertiary/aromatic N) is 1. The summed E-state index contributed by atoms with van der Waals surface area (Å²) in [5, 5.41) is 14.8. The van der Waals surface area contributed by atoms with Crippen molar-refractivity contribution < 1.29 is 14.7 Å². The Hall–Kier alpha value is -1.43. The Balaban J connectivity index is 2.36. The molecule has 1 unspecified atom stereocenters. The van der Waals surface area contributed by atoms with Gasteiger partial charge in [-0.25, -0.2) is 5.43 Å². The SMILES string of the molecule is CC(O)CNC(=O)C1=NNC(=O)C1. The Morgan fingerprint density at radius 2 is 2.54 bits per heavy atom. The Morgan fingerprint density at radius 3 is 3.00 bits per heavy atom. The molecule has 0 saturated carbocycles. The van der Waals surface area contributed by atoms with Crippen LogP contribution in [-0.2, 0) is 9.59 Å². The number of hydrazone groups is 1. The maximum atomic E-state index is 11.2. The fourth-order valence-corrected chi connectivity index (χ4v) is 0.834. The summed E-state index contributed by atoms with van der Waals surface area (Å²) < 4.78 is 0. The van der Waals surface area contributed by atoms with Crippen LogP contribution in [0.3, 0.4) is 0 Å². The Bertz CT molecular complexity index is 260. The van der Waals surface area contributed by atoms with Crippen molar-refractivity contribution in [1.82, 2.24) is 10.7 Å². The van der Waals surface area contributed by atoms with Crippen molar-refractivity contribution in [2.75, 3.05) is 6.54 Å². The monoisotopic (exact) mass is 185 g/mol. The van der Waals surface area contributed by atoms with E-state index >= 15 is 0 Å². The second-order valence-corrected chi connectivity index (χ2v) is 2.83. The third-order valence-corrected chi connectivity index (χ3v) is 1.46. The smallest absolute Gasteiger partial charge is 0.268 e. The van der Waals surface area contributed by atoms with Crippen LogP contribution < -0.4 is 10.7 Å². The van der Waals surface area contributed by atoms with Crippen LogP contribution in [0.4, 0.5) is 0 Å². The van der Waals surface area contributed by atoms with E-state index in [0.717, 1.165) is 0 Å². The average molecular weight is 185 g/mol. The van der Waals surface area contributed by atoms with Crippen molar-refractivity contribution in [3.8, 4) is 0 Å². The second kappa shape index (κ2) is 3.99. The van der Waals surface area contributed by atoms with Gasteiger partial charge < -0.3 is 10.4 Å². The highest BCUT2D eigenvalue weighted by molar-refractivity contribution is 6.43. The highest BCUT2D eigenvalue weighted by Crippen LogP contribution is 1.94. The number of hydrogen-bond donors (Lipinski definition) is 3. The fraction of sp³-hybridized carbons (Fsp3) is 0.571. The molecule has 72 valence electrons. The van der Waals surface area contributed by atoms with Crippen molar-refractivity contribution in [2.24, 2.45) is 5.10 Å². The first kappa shape index (κ1) is 9.66. The number of aliphatic hydroxyl groups is 1. The molecule has 0 aromatic rings. The summed E-state index contributed by atoms with van der Waals surface area (Å²) in [6.45, 7) is 1.71. The number of carbonyl (C=O) groups is 2. The molecule has 1 heterocycles. The van der Waals surface area contributed by atoms with Crippen LogP contribution in [0.1, 0.15) is 13.3 Å². The number of hydrogen-bond acceptors (Lipinski definition) is 4. The Morgan fingerprint density at radius 1 is 1.85 bits per heavy atom. The average Bonchev–Trinajstić information content (AvgIpc) is 2.47. The van der Waals surface area contributed by atoms with Gasteiger partial charge in [0.2, 0.25) is 5.91 Å². The fourth-order valence-electron chi connectivity index (χ4n) is 0.834. The van der Waals surface area contributed by atoms with E-state index in [1.165, 1.54) is 0 Å². The normalized spacial score (nSPS) is 17.7. The highest BCUT2D eigenvalue weighted by Gasteiger charge is 2.20. The standard InChI is InChI=1S/C7H11N3O3/c1-4(11)3-8-7(13)5-2-6(12)10-9-5/h4,11H,2-3H2,1H3,(H,8,13)(H,10,12). The third-order valence-electron chi connectivity index (χ3n) is 1.46. The minimum atomic E-state index is -0.602. The second-order valence-electron chi connectivity index (χ2n) is 2.83. The van der Waals surface area contributed by atoms with Crippen LogP contribution in [0, 0.1) is 0 Å². The zero-order valence-corrected chi connectivity index (χ0v) is 7.20. The molecule has 0 aromatic heterocycles. The predicted octanol–water partition coefficient (Wildman–Crippen LogP) is -1.64. The predicted molar refractivity (Wildman–Crippen MR) is 44.9 cm³/mol. The van der Waals surface area contributed by atoms with Crippen LogP contribution in [0.25, 0.3) is 0 Å². The molecule has 3 N–H and O–H groups in total. The molecule has 0 fully saturated rings. The number of rotatable bonds is 3. The van der Waals surface area contributed by atoms with Gasteiger partial charge in [-0.3, -0.25) is 9.59 Å². The summed E-state index contributed by atoms with van der Waals surface area (Å²) in [5.74, 6) is -0.707. The molecule has 0 saturated heterocycles. The molecule has 1 aliphatic heterocycles. The molecule has 0 radical (unpaired) electrons. The van der Waals surface area contributed by atoms with Crippen LogP contribution in [-0.4, -0.2) is 35.3 Å². The summed E-state index contributed by atoms with van der Waals surface area (Å²) in [7, 11) is 0. The number of carbonyl (C=O) groups excluding carboxylic acids is 2. The molecule has 0 spiro atoms. The van der Waals surface area contributed by atoms with Gasteiger partial charge in [0, 0.05) is 6.54 Å². The largest absolute Gasteiger partial charge is 0.392 e. The molecule has 6 heteroatoms. The van der Waals surface area contributed by atoms with E-state index in [1.807, 2.05) is 0 Å². The van der Waals surface area contributed by atoms with E-state index in [1.54, 1.807) is 6.92 Å². The van der Waals surface area contributed by atoms with Gasteiger partial charge >= 0.3 is 0 Å². The van der Waals surface area contributed by atoms with Crippen molar-refractivity contribution in [3.63, 3.8) is 0 Å². The number of aliphatic hydroxyl groups excluding tert-OH is 1. The molecule has 0 bridgehead atoms. The number of amides is 2. The molecule has 1 aliphatic rings. The minimum Gasteiger partial charge on any atom is -0.392 e. The van der Waals surface area contributed by atoms with E-state index in [-0.39, 0.29) is 24.6 Å². The van der Waals surface area contributed by atoms with Gasteiger partial charge in [-0.15, -0.1) is 0 Å². The Kier molecular flexibility index (Phi) is 2.97. The van der Waals surface area contributed by atoms with Gasteiger partial charge in [-0.1, -0.05) is 0 Å². The van der Waals surface area contributed by atoms with Crippen LogP contribution in [0.2, 0.25) is 0 Å².